The van der Waals surface area contributed by atoms with Crippen LogP contribution in [0.5, 0.6) is 0 Å². The Morgan fingerprint density at radius 3 is 2.37 bits per heavy atom. The Morgan fingerprint density at radius 2 is 1.78 bits per heavy atom. The number of rotatable bonds is 10. The van der Waals surface area contributed by atoms with Crippen molar-refractivity contribution in [3.8, 4) is 0 Å². The molecule has 0 aliphatic carbocycles. The molecule has 14 nitrogen and oxygen atoms in total. The topological polar surface area (TPSA) is 174 Å². The Morgan fingerprint density at radius 1 is 1.12 bits per heavy atom. The summed E-state index contributed by atoms with van der Waals surface area (Å²) >= 11 is 0. The van der Waals surface area contributed by atoms with Crippen LogP contribution in [0.4, 0.5) is 4.79 Å². The molecule has 0 radical (unpaired) electrons. The van der Waals surface area contributed by atoms with Crippen molar-refractivity contribution in [3.63, 3.8) is 0 Å². The lowest BCUT2D eigenvalue weighted by molar-refractivity contribution is -0.297. The molecular formula is C37H66N4O10. The molecule has 51 heavy (non-hydrogen) atoms. The number of nitrogens with one attached hydrogen (secondary N) is 3. The Kier molecular flexibility index (Phi) is 15.3. The standard InChI is InChI=1S/C37H66N4O10/c1-13-27-37(9)31(40-35(46)51-37)22(5)15-14-21(4)17-36(8,47-12)32(23(6)29(43)24(7)33(45)49-27)50-34-30(44)26(41(10)11)16-25(48-34)18-39-28(42)19-38-20(2)3/h20-27,30-32,34,38,44H,13-19H2,1-12H3,(H,39,42)(H,40,46)/t21-,22-,23-,24?,25?,26?,27+,30?,31+,32+,34-,36+,37+/m0/s1. The molecule has 2 amide bonds. The summed E-state index contributed by atoms with van der Waals surface area (Å²) in [7, 11) is 5.29. The van der Waals surface area contributed by atoms with Crippen molar-refractivity contribution in [3.05, 3.63) is 0 Å². The lowest BCUT2D eigenvalue weighted by Gasteiger charge is -2.47. The van der Waals surface area contributed by atoms with Gasteiger partial charge in [-0.3, -0.25) is 14.4 Å². The molecule has 294 valence electrons. The SMILES string of the molecule is CC[C@H]1OC(=O)C(C)C(=O)[C@H](C)[C@@H](O[C@@H]2OC(CNC(=O)CNC(C)C)CC(N(C)C)C2O)[C@](C)(OC)C[C@@H](C)CC[C@H](C)[C@H]2NC(=O)O[C@@]21C. The van der Waals surface area contributed by atoms with Gasteiger partial charge >= 0.3 is 12.1 Å². The minimum atomic E-state index is -1.18. The number of amides is 2. The van der Waals surface area contributed by atoms with Gasteiger partial charge in [-0.25, -0.2) is 4.79 Å². The summed E-state index contributed by atoms with van der Waals surface area (Å²) in [6, 6.07) is -0.626. The molecule has 0 saturated carbocycles. The van der Waals surface area contributed by atoms with Gasteiger partial charge in [0.05, 0.1) is 30.4 Å². The molecule has 3 rings (SSSR count). The maximum Gasteiger partial charge on any atom is 0.408 e. The second-order valence-electron chi connectivity index (χ2n) is 16.1. The summed E-state index contributed by atoms with van der Waals surface area (Å²) in [6.45, 7) is 17.2. The number of cyclic esters (lactones) is 1. The summed E-state index contributed by atoms with van der Waals surface area (Å²) in [5.41, 5.74) is -2.17. The number of hydrogen-bond acceptors (Lipinski definition) is 12. The minimum absolute atomic E-state index is 0.0204. The van der Waals surface area contributed by atoms with Crippen LogP contribution in [0.1, 0.15) is 94.4 Å². The fourth-order valence-electron chi connectivity index (χ4n) is 8.07. The number of Topliss-reactive ketones (excluding diaryl/α,β-unsaturated/α-hetero) is 1. The van der Waals surface area contributed by atoms with Gasteiger partial charge in [-0.15, -0.1) is 0 Å². The predicted molar refractivity (Wildman–Crippen MR) is 191 cm³/mol. The van der Waals surface area contributed by atoms with E-state index in [4.69, 9.17) is 23.7 Å². The van der Waals surface area contributed by atoms with Crippen molar-refractivity contribution < 1.29 is 48.0 Å². The molecular weight excluding hydrogens is 660 g/mol. The number of ketones is 1. The molecule has 0 aromatic carbocycles. The zero-order chi connectivity index (χ0) is 38.4. The van der Waals surface area contributed by atoms with E-state index in [9.17, 15) is 24.3 Å². The Bertz CT molecular complexity index is 1200. The molecule has 3 aliphatic rings. The lowest BCUT2D eigenvalue weighted by atomic mass is 9.76. The maximum absolute atomic E-state index is 14.2. The van der Waals surface area contributed by atoms with Gasteiger partial charge in [-0.05, 0) is 72.4 Å². The molecule has 4 N–H and O–H groups in total. The average Bonchev–Trinajstić information content (AvgIpc) is 3.39. The highest BCUT2D eigenvalue weighted by Crippen LogP contribution is 2.40. The number of alkyl carbamates (subject to hydrolysis) is 1. The average molecular weight is 727 g/mol. The zero-order valence-corrected chi connectivity index (χ0v) is 32.9. The number of hydrogen-bond donors (Lipinski definition) is 4. The predicted octanol–water partition coefficient (Wildman–Crippen LogP) is 2.78. The van der Waals surface area contributed by atoms with Crippen LogP contribution in [-0.2, 0) is 38.1 Å². The summed E-state index contributed by atoms with van der Waals surface area (Å²) in [5, 5.41) is 20.6. The molecule has 13 atom stereocenters. The summed E-state index contributed by atoms with van der Waals surface area (Å²) in [4.78, 5) is 54.9. The number of aliphatic hydroxyl groups excluding tert-OH is 1. The number of aliphatic hydroxyl groups is 1. The highest BCUT2D eigenvalue weighted by Gasteiger charge is 2.55. The van der Waals surface area contributed by atoms with E-state index in [1.165, 1.54) is 6.92 Å². The van der Waals surface area contributed by atoms with Crippen molar-refractivity contribution in [2.45, 2.75) is 154 Å². The number of carbonyl (C=O) groups is 4. The van der Waals surface area contributed by atoms with Gasteiger partial charge in [-0.1, -0.05) is 48.0 Å². The summed E-state index contributed by atoms with van der Waals surface area (Å²) < 4.78 is 31.1. The van der Waals surface area contributed by atoms with E-state index in [0.29, 0.717) is 19.3 Å². The Hall–Kier alpha value is -2.36. The molecule has 3 heterocycles. The van der Waals surface area contributed by atoms with Gasteiger partial charge < -0.3 is 49.6 Å². The first kappa shape index (κ1) is 43.0. The third-order valence-corrected chi connectivity index (χ3v) is 11.3. The van der Waals surface area contributed by atoms with Crippen molar-refractivity contribution in [2.24, 2.45) is 23.7 Å². The molecule has 0 aromatic heterocycles. The maximum atomic E-state index is 14.2. The van der Waals surface area contributed by atoms with Gasteiger partial charge in [0.1, 0.15) is 18.1 Å². The molecule has 0 aromatic rings. The second-order valence-corrected chi connectivity index (χ2v) is 16.1. The quantitative estimate of drug-likeness (QED) is 0.192. The van der Waals surface area contributed by atoms with Gasteiger partial charge in [-0.2, -0.15) is 0 Å². The molecule has 3 fully saturated rings. The highest BCUT2D eigenvalue weighted by atomic mass is 16.7. The van der Waals surface area contributed by atoms with E-state index < -0.39 is 77.6 Å². The molecule has 3 saturated heterocycles. The van der Waals surface area contributed by atoms with Crippen molar-refractivity contribution in [1.82, 2.24) is 20.9 Å². The third-order valence-electron chi connectivity index (χ3n) is 11.3. The van der Waals surface area contributed by atoms with E-state index in [0.717, 1.165) is 12.8 Å². The first-order chi connectivity index (χ1) is 23.8. The first-order valence-corrected chi connectivity index (χ1v) is 18.7. The van der Waals surface area contributed by atoms with Crippen LogP contribution in [-0.4, -0.2) is 128 Å². The summed E-state index contributed by atoms with van der Waals surface area (Å²) in [6.07, 6.45) is -2.22. The van der Waals surface area contributed by atoms with Crippen molar-refractivity contribution in [2.75, 3.05) is 34.3 Å². The largest absolute Gasteiger partial charge is 0.458 e. The number of fused-ring (bicyclic) bond motifs is 1. The fraction of sp³-hybridized carbons (Fsp3) is 0.892. The van der Waals surface area contributed by atoms with Crippen LogP contribution in [0.25, 0.3) is 0 Å². The van der Waals surface area contributed by atoms with Crippen LogP contribution in [0.3, 0.4) is 0 Å². The van der Waals surface area contributed by atoms with Crippen LogP contribution < -0.4 is 16.0 Å². The normalized spacial score (nSPS) is 40.1. The number of nitrogens with zero attached hydrogens (tertiary/aromatic N) is 1. The van der Waals surface area contributed by atoms with Crippen molar-refractivity contribution >= 4 is 23.8 Å². The van der Waals surface area contributed by atoms with Crippen molar-refractivity contribution in [1.29, 1.82) is 0 Å². The van der Waals surface area contributed by atoms with Gasteiger partial charge in [0, 0.05) is 31.7 Å². The van der Waals surface area contributed by atoms with E-state index in [-0.39, 0.29) is 42.9 Å². The van der Waals surface area contributed by atoms with Crippen LogP contribution in [0.2, 0.25) is 0 Å². The Balaban J connectivity index is 1.97. The molecule has 14 heteroatoms. The monoisotopic (exact) mass is 726 g/mol. The van der Waals surface area contributed by atoms with Gasteiger partial charge in [0.25, 0.3) is 0 Å². The minimum Gasteiger partial charge on any atom is -0.458 e. The molecule has 0 bridgehead atoms. The van der Waals surface area contributed by atoms with E-state index in [2.05, 4.69) is 29.8 Å². The second kappa shape index (κ2) is 18.1. The molecule has 4 unspecified atom stereocenters. The highest BCUT2D eigenvalue weighted by molar-refractivity contribution is 6.00. The van der Waals surface area contributed by atoms with E-state index in [1.807, 2.05) is 46.7 Å². The van der Waals surface area contributed by atoms with Gasteiger partial charge in [0.15, 0.2) is 17.7 Å². The number of likely N-dealkylation sites (N-methyl/N-ethyl adjacent to an activating group) is 1. The fourth-order valence-corrected chi connectivity index (χ4v) is 8.07. The molecule has 3 aliphatic heterocycles. The lowest BCUT2D eigenvalue weighted by Crippen LogP contribution is -2.60. The number of methoxy groups -OCH3 is 1. The van der Waals surface area contributed by atoms with Crippen LogP contribution in [0, 0.1) is 23.7 Å². The zero-order valence-electron chi connectivity index (χ0n) is 32.9. The van der Waals surface area contributed by atoms with E-state index >= 15 is 0 Å². The summed E-state index contributed by atoms with van der Waals surface area (Å²) in [5.74, 6) is -3.31. The van der Waals surface area contributed by atoms with Gasteiger partial charge in [0.2, 0.25) is 5.91 Å². The smallest absolute Gasteiger partial charge is 0.408 e. The third kappa shape index (κ3) is 10.4. The number of ether oxygens (including phenoxy) is 5. The number of esters is 1. The number of carbonyl (C=O) groups excluding carboxylic acids is 4. The molecule has 0 spiro atoms. The first-order valence-electron chi connectivity index (χ1n) is 18.7. The van der Waals surface area contributed by atoms with Crippen LogP contribution in [0.15, 0.2) is 0 Å². The Labute approximate surface area is 304 Å². The van der Waals surface area contributed by atoms with Crippen LogP contribution >= 0.6 is 0 Å². The van der Waals surface area contributed by atoms with E-state index in [1.54, 1.807) is 21.0 Å².